The molecule has 2 amide bonds. The molecule has 1 aliphatic carbocycles. The van der Waals surface area contributed by atoms with Gasteiger partial charge >= 0.3 is 0 Å². The Balaban J connectivity index is 1.37. The van der Waals surface area contributed by atoms with Gasteiger partial charge in [-0.15, -0.1) is 0 Å². The summed E-state index contributed by atoms with van der Waals surface area (Å²) in [4.78, 5) is 44.5. The molecule has 1 aromatic carbocycles. The van der Waals surface area contributed by atoms with Crippen LogP contribution in [0.3, 0.4) is 0 Å². The zero-order valence-electron chi connectivity index (χ0n) is 19.0. The fourth-order valence-electron chi connectivity index (χ4n) is 5.18. The van der Waals surface area contributed by atoms with Crippen LogP contribution in [0, 0.1) is 11.2 Å². The maximum Gasteiger partial charge on any atom is 0.243 e. The molecule has 2 aromatic heterocycles. The second-order valence-electron chi connectivity index (χ2n) is 9.29. The number of aromatic nitrogens is 2. The quantitative estimate of drug-likeness (QED) is 0.487. The smallest absolute Gasteiger partial charge is 0.243 e. The first kappa shape index (κ1) is 23.4. The maximum atomic E-state index is 14.2. The number of pyridine rings is 1. The summed E-state index contributed by atoms with van der Waals surface area (Å²) in [5.74, 6) is -1.47. The average molecular weight is 499 g/mol. The molecule has 182 valence electrons. The van der Waals surface area contributed by atoms with E-state index in [2.05, 4.69) is 10.3 Å². The number of fused-ring (bicyclic) bond motifs is 2. The van der Waals surface area contributed by atoms with E-state index in [1.54, 1.807) is 35.2 Å². The van der Waals surface area contributed by atoms with Crippen molar-refractivity contribution in [2.24, 2.45) is 5.41 Å². The van der Waals surface area contributed by atoms with Crippen molar-refractivity contribution in [1.29, 1.82) is 0 Å². The zero-order chi connectivity index (χ0) is 24.9. The van der Waals surface area contributed by atoms with Crippen LogP contribution in [0.4, 0.5) is 4.39 Å². The van der Waals surface area contributed by atoms with Gasteiger partial charge in [0, 0.05) is 46.9 Å². The van der Waals surface area contributed by atoms with E-state index in [0.717, 1.165) is 0 Å². The van der Waals surface area contributed by atoms with Gasteiger partial charge in [-0.25, -0.2) is 9.37 Å². The van der Waals surface area contributed by atoms with Crippen molar-refractivity contribution in [1.82, 2.24) is 19.8 Å². The Bertz CT molecular complexity index is 1360. The minimum absolute atomic E-state index is 0.0348. The first-order valence-corrected chi connectivity index (χ1v) is 11.7. The molecule has 10 heteroatoms. The number of piperidine rings is 1. The minimum Gasteiger partial charge on any atom is -0.396 e. The molecular formula is C25H24ClFN4O4. The molecule has 1 saturated heterocycles. The lowest BCUT2D eigenvalue weighted by Crippen LogP contribution is -2.48. The fourth-order valence-corrected chi connectivity index (χ4v) is 5.37. The Morgan fingerprint density at radius 1 is 1.26 bits per heavy atom. The second-order valence-corrected chi connectivity index (χ2v) is 9.70. The lowest BCUT2D eigenvalue weighted by molar-refractivity contribution is -0.140. The summed E-state index contributed by atoms with van der Waals surface area (Å²) in [6.07, 6.45) is 4.14. The predicted octanol–water partition coefficient (Wildman–Crippen LogP) is 2.70. The number of rotatable bonds is 7. The van der Waals surface area contributed by atoms with E-state index < -0.39 is 23.2 Å². The van der Waals surface area contributed by atoms with Crippen molar-refractivity contribution >= 4 is 40.2 Å². The molecule has 2 aliphatic rings. The summed E-state index contributed by atoms with van der Waals surface area (Å²) in [7, 11) is 0. The highest BCUT2D eigenvalue weighted by Crippen LogP contribution is 2.59. The Hall–Kier alpha value is -3.30. The molecule has 8 nitrogen and oxygen atoms in total. The van der Waals surface area contributed by atoms with Gasteiger partial charge in [0.2, 0.25) is 11.8 Å². The van der Waals surface area contributed by atoms with Gasteiger partial charge in [-0.3, -0.25) is 14.4 Å². The number of halogens is 2. The Labute approximate surface area is 205 Å². The molecule has 3 atom stereocenters. The standard InChI is InChI=1S/C25H24ClFN4O4/c1-14(33)17-11-30(23-16(17)5-3-7-28-23)12-21(34)31-19(8-25(13-32)9-20(25)31)24(35)29-10-15-4-2-6-18(26)22(15)27/h2-7,11,19-20,32H,8-10,12-13H2,1H3,(H,29,35)/t19-,20+,25-/m0/s1. The van der Waals surface area contributed by atoms with Gasteiger partial charge in [0.05, 0.1) is 11.6 Å². The molecule has 0 radical (unpaired) electrons. The predicted molar refractivity (Wildman–Crippen MR) is 126 cm³/mol. The molecule has 0 spiro atoms. The van der Waals surface area contributed by atoms with Crippen LogP contribution < -0.4 is 5.32 Å². The highest BCUT2D eigenvalue weighted by molar-refractivity contribution is 6.30. The average Bonchev–Trinajstić information content (AvgIpc) is 3.27. The van der Waals surface area contributed by atoms with E-state index in [1.165, 1.54) is 24.0 Å². The molecule has 5 rings (SSSR count). The summed E-state index contributed by atoms with van der Waals surface area (Å²) < 4.78 is 15.9. The molecular weight excluding hydrogens is 475 g/mol. The number of Topliss-reactive ketones (excluding diaryl/α,β-unsaturated/α-hetero) is 1. The first-order valence-electron chi connectivity index (χ1n) is 11.3. The molecule has 2 N–H and O–H groups in total. The number of hydrogen-bond acceptors (Lipinski definition) is 5. The van der Waals surface area contributed by atoms with Gasteiger partial charge in [0.1, 0.15) is 24.1 Å². The third kappa shape index (κ3) is 3.98. The highest BCUT2D eigenvalue weighted by atomic mass is 35.5. The SMILES string of the molecule is CC(=O)c1cn(CC(=O)N2[C@H](C(=O)NCc3cccc(Cl)c3F)C[C@@]3(CO)C[C@@H]23)c2ncccc12. The van der Waals surface area contributed by atoms with E-state index in [-0.39, 0.29) is 48.0 Å². The first-order chi connectivity index (χ1) is 16.8. The summed E-state index contributed by atoms with van der Waals surface area (Å²) in [5, 5.41) is 13.3. The maximum absolute atomic E-state index is 14.2. The molecule has 35 heavy (non-hydrogen) atoms. The molecule has 0 bridgehead atoms. The minimum atomic E-state index is -0.794. The Kier molecular flexibility index (Phi) is 5.85. The van der Waals surface area contributed by atoms with Crippen molar-refractivity contribution in [3.05, 3.63) is 64.7 Å². The zero-order valence-corrected chi connectivity index (χ0v) is 19.8. The van der Waals surface area contributed by atoms with Crippen LogP contribution in [0.1, 0.15) is 35.7 Å². The number of aliphatic hydroxyl groups excluding tert-OH is 1. The van der Waals surface area contributed by atoms with Crippen LogP contribution in [-0.4, -0.2) is 55.8 Å². The number of carbonyl (C=O) groups excluding carboxylic acids is 3. The van der Waals surface area contributed by atoms with Crippen LogP contribution >= 0.6 is 11.6 Å². The van der Waals surface area contributed by atoms with E-state index >= 15 is 0 Å². The van der Waals surface area contributed by atoms with Gasteiger partial charge in [-0.1, -0.05) is 23.7 Å². The molecule has 1 saturated carbocycles. The van der Waals surface area contributed by atoms with E-state index in [9.17, 15) is 23.9 Å². The summed E-state index contributed by atoms with van der Waals surface area (Å²) in [5.41, 5.74) is 0.717. The molecule has 3 heterocycles. The number of aliphatic hydroxyl groups is 1. The fraction of sp³-hybridized carbons (Fsp3) is 0.360. The number of likely N-dealkylation sites (tertiary alicyclic amines) is 1. The normalized spacial score (nSPS) is 22.8. The third-order valence-corrected chi connectivity index (χ3v) is 7.42. The largest absolute Gasteiger partial charge is 0.396 e. The number of nitrogens with zero attached hydrogens (tertiary/aromatic N) is 3. The summed E-state index contributed by atoms with van der Waals surface area (Å²) in [6.45, 7) is 1.15. The third-order valence-electron chi connectivity index (χ3n) is 7.13. The van der Waals surface area contributed by atoms with Crippen molar-refractivity contribution in [2.45, 2.75) is 44.9 Å². The van der Waals surface area contributed by atoms with Crippen LogP contribution in [0.25, 0.3) is 11.0 Å². The van der Waals surface area contributed by atoms with Gasteiger partial charge in [-0.2, -0.15) is 0 Å². The highest BCUT2D eigenvalue weighted by Gasteiger charge is 2.66. The number of carbonyl (C=O) groups is 3. The molecule has 2 fully saturated rings. The molecule has 3 aromatic rings. The van der Waals surface area contributed by atoms with Crippen LogP contribution in [0.15, 0.2) is 42.7 Å². The van der Waals surface area contributed by atoms with Crippen LogP contribution in [0.5, 0.6) is 0 Å². The summed E-state index contributed by atoms with van der Waals surface area (Å²) >= 11 is 5.83. The Morgan fingerprint density at radius 3 is 2.80 bits per heavy atom. The monoisotopic (exact) mass is 498 g/mol. The van der Waals surface area contributed by atoms with E-state index in [0.29, 0.717) is 29.4 Å². The second kappa shape index (κ2) is 8.73. The number of hydrogen-bond donors (Lipinski definition) is 2. The van der Waals surface area contributed by atoms with Crippen molar-refractivity contribution < 1.29 is 23.9 Å². The number of benzene rings is 1. The van der Waals surface area contributed by atoms with Gasteiger partial charge in [0.15, 0.2) is 5.78 Å². The van der Waals surface area contributed by atoms with Crippen molar-refractivity contribution in [3.8, 4) is 0 Å². The van der Waals surface area contributed by atoms with Gasteiger partial charge in [0.25, 0.3) is 0 Å². The Morgan fingerprint density at radius 2 is 2.06 bits per heavy atom. The van der Waals surface area contributed by atoms with Crippen molar-refractivity contribution in [2.75, 3.05) is 6.61 Å². The van der Waals surface area contributed by atoms with E-state index in [1.807, 2.05) is 0 Å². The summed E-state index contributed by atoms with van der Waals surface area (Å²) in [6, 6.07) is 7.01. The number of amides is 2. The van der Waals surface area contributed by atoms with Gasteiger partial charge < -0.3 is 19.9 Å². The molecule has 1 aliphatic heterocycles. The van der Waals surface area contributed by atoms with Crippen LogP contribution in [0.2, 0.25) is 5.02 Å². The van der Waals surface area contributed by atoms with Gasteiger partial charge in [-0.05, 0) is 38.0 Å². The van der Waals surface area contributed by atoms with E-state index in [4.69, 9.17) is 11.6 Å². The van der Waals surface area contributed by atoms with Crippen LogP contribution in [-0.2, 0) is 22.7 Å². The topological polar surface area (TPSA) is 105 Å². The molecule has 0 unspecified atom stereocenters. The number of ketones is 1. The van der Waals surface area contributed by atoms with Crippen molar-refractivity contribution in [3.63, 3.8) is 0 Å². The lowest BCUT2D eigenvalue weighted by Gasteiger charge is -2.27. The lowest BCUT2D eigenvalue weighted by atomic mass is 10.00. The number of nitrogens with one attached hydrogen (secondary N) is 1.